The lowest BCUT2D eigenvalue weighted by Gasteiger charge is -2.20. The second kappa shape index (κ2) is 5.49. The molecule has 0 aliphatic rings. The van der Waals surface area contributed by atoms with E-state index in [1.807, 2.05) is 0 Å². The number of anilines is 1. The van der Waals surface area contributed by atoms with Gasteiger partial charge in [0.05, 0.1) is 11.9 Å². The van der Waals surface area contributed by atoms with Crippen LogP contribution in [0, 0.1) is 5.92 Å². The number of carboxylic acid groups (broad SMARTS) is 1. The van der Waals surface area contributed by atoms with Crippen LogP contribution < -0.4 is 5.32 Å². The second-order valence-corrected chi connectivity index (χ2v) is 4.06. The number of nitrogens with one attached hydrogen (secondary N) is 1. The summed E-state index contributed by atoms with van der Waals surface area (Å²) in [4.78, 5) is 14.5. The smallest absolute Gasteiger partial charge is 0.354 e. The summed E-state index contributed by atoms with van der Waals surface area (Å²) in [6.45, 7) is 6.44. The van der Waals surface area contributed by atoms with E-state index in [1.165, 1.54) is 6.07 Å². The number of hydrogen-bond acceptors (Lipinski definition) is 3. The molecule has 2 atom stereocenters. The molecule has 0 radical (unpaired) electrons. The number of hydrogen-bond donors (Lipinski definition) is 2. The molecule has 4 nitrogen and oxygen atoms in total. The predicted molar refractivity (Wildman–Crippen MR) is 63.7 cm³/mol. The van der Waals surface area contributed by atoms with Crippen molar-refractivity contribution in [2.75, 3.05) is 5.32 Å². The molecule has 1 rings (SSSR count). The number of nitrogens with zero attached hydrogens (tertiary/aromatic N) is 1. The first-order valence-corrected chi connectivity index (χ1v) is 5.50. The van der Waals surface area contributed by atoms with Gasteiger partial charge in [-0.1, -0.05) is 20.3 Å². The average Bonchev–Trinajstić information content (AvgIpc) is 2.28. The summed E-state index contributed by atoms with van der Waals surface area (Å²) in [7, 11) is 0. The maximum Gasteiger partial charge on any atom is 0.354 e. The van der Waals surface area contributed by atoms with Crippen molar-refractivity contribution >= 4 is 11.7 Å². The zero-order valence-corrected chi connectivity index (χ0v) is 9.90. The highest BCUT2D eigenvalue weighted by Crippen LogP contribution is 2.14. The van der Waals surface area contributed by atoms with E-state index < -0.39 is 5.97 Å². The minimum Gasteiger partial charge on any atom is -0.477 e. The summed E-state index contributed by atoms with van der Waals surface area (Å²) in [5.74, 6) is -0.430. The zero-order chi connectivity index (χ0) is 12.1. The van der Waals surface area contributed by atoms with Gasteiger partial charge >= 0.3 is 5.97 Å². The average molecular weight is 222 g/mol. The van der Waals surface area contributed by atoms with Crippen LogP contribution in [0.15, 0.2) is 18.3 Å². The van der Waals surface area contributed by atoms with E-state index in [2.05, 4.69) is 31.1 Å². The van der Waals surface area contributed by atoms with Gasteiger partial charge in [0, 0.05) is 6.04 Å². The molecule has 0 aliphatic carbocycles. The van der Waals surface area contributed by atoms with Gasteiger partial charge in [-0.2, -0.15) is 0 Å². The molecule has 1 aromatic rings. The lowest BCUT2D eigenvalue weighted by molar-refractivity contribution is 0.0690. The van der Waals surface area contributed by atoms with Gasteiger partial charge in [-0.25, -0.2) is 9.78 Å². The van der Waals surface area contributed by atoms with Gasteiger partial charge in [-0.15, -0.1) is 0 Å². The number of aromatic carboxylic acids is 1. The molecule has 0 fully saturated rings. The molecule has 88 valence electrons. The van der Waals surface area contributed by atoms with E-state index in [-0.39, 0.29) is 5.69 Å². The summed E-state index contributed by atoms with van der Waals surface area (Å²) in [5.41, 5.74) is 0.930. The minimum atomic E-state index is -0.999. The fourth-order valence-corrected chi connectivity index (χ4v) is 1.36. The first kappa shape index (κ1) is 12.5. The van der Waals surface area contributed by atoms with E-state index in [4.69, 9.17) is 5.11 Å². The van der Waals surface area contributed by atoms with E-state index in [0.29, 0.717) is 12.0 Å². The molecule has 2 N–H and O–H groups in total. The maximum atomic E-state index is 10.6. The normalized spacial score (nSPS) is 14.2. The van der Waals surface area contributed by atoms with Crippen molar-refractivity contribution in [1.82, 2.24) is 4.98 Å². The molecule has 0 bridgehead atoms. The minimum absolute atomic E-state index is 0.0711. The highest BCUT2D eigenvalue weighted by molar-refractivity contribution is 5.85. The fraction of sp³-hybridized carbons (Fsp3) is 0.500. The van der Waals surface area contributed by atoms with Crippen molar-refractivity contribution in [2.45, 2.75) is 33.2 Å². The van der Waals surface area contributed by atoms with Gasteiger partial charge in [0.1, 0.15) is 5.69 Å². The first-order valence-electron chi connectivity index (χ1n) is 5.50. The fourth-order valence-electron chi connectivity index (χ4n) is 1.36. The van der Waals surface area contributed by atoms with Gasteiger partial charge in [0.2, 0.25) is 0 Å². The number of carboxylic acids is 1. The van der Waals surface area contributed by atoms with E-state index in [0.717, 1.165) is 12.1 Å². The van der Waals surface area contributed by atoms with Crippen LogP contribution in [0.1, 0.15) is 37.7 Å². The first-order chi connectivity index (χ1) is 7.54. The lowest BCUT2D eigenvalue weighted by atomic mass is 10.0. The number of aromatic nitrogens is 1. The van der Waals surface area contributed by atoms with Crippen LogP contribution in [0.25, 0.3) is 0 Å². The number of pyridine rings is 1. The van der Waals surface area contributed by atoms with Crippen LogP contribution in [-0.4, -0.2) is 22.1 Å². The highest BCUT2D eigenvalue weighted by atomic mass is 16.4. The van der Waals surface area contributed by atoms with Crippen LogP contribution in [0.5, 0.6) is 0 Å². The Morgan fingerprint density at radius 2 is 2.19 bits per heavy atom. The monoisotopic (exact) mass is 222 g/mol. The Hall–Kier alpha value is -1.58. The molecule has 16 heavy (non-hydrogen) atoms. The standard InChI is InChI=1S/C12H18N2O2/c1-4-8(2)9(3)14-10-5-6-11(12(15)16)13-7-10/h5-9,14H,4H2,1-3H3,(H,15,16). The van der Waals surface area contributed by atoms with E-state index >= 15 is 0 Å². The third kappa shape index (κ3) is 3.22. The predicted octanol–water partition coefficient (Wildman–Crippen LogP) is 2.63. The van der Waals surface area contributed by atoms with Crippen LogP contribution >= 0.6 is 0 Å². The SMILES string of the molecule is CCC(C)C(C)Nc1ccc(C(=O)O)nc1. The molecule has 0 saturated carbocycles. The molecule has 1 heterocycles. The summed E-state index contributed by atoms with van der Waals surface area (Å²) < 4.78 is 0. The highest BCUT2D eigenvalue weighted by Gasteiger charge is 2.10. The molecule has 0 spiro atoms. The Labute approximate surface area is 95.7 Å². The van der Waals surface area contributed by atoms with Crippen molar-refractivity contribution in [3.63, 3.8) is 0 Å². The Morgan fingerprint density at radius 3 is 2.62 bits per heavy atom. The van der Waals surface area contributed by atoms with Gasteiger partial charge in [-0.3, -0.25) is 0 Å². The molecule has 2 unspecified atom stereocenters. The molecule has 0 amide bonds. The summed E-state index contributed by atoms with van der Waals surface area (Å²) in [6.07, 6.45) is 2.66. The topological polar surface area (TPSA) is 62.2 Å². The lowest BCUT2D eigenvalue weighted by Crippen LogP contribution is -2.23. The Bertz CT molecular complexity index is 349. The maximum absolute atomic E-state index is 10.6. The summed E-state index contributed by atoms with van der Waals surface area (Å²) in [6, 6.07) is 3.60. The number of carbonyl (C=O) groups is 1. The van der Waals surface area contributed by atoms with Gasteiger partial charge in [0.25, 0.3) is 0 Å². The molecule has 0 aromatic carbocycles. The molecular formula is C12H18N2O2. The van der Waals surface area contributed by atoms with Crippen LogP contribution in [-0.2, 0) is 0 Å². The van der Waals surface area contributed by atoms with Crippen molar-refractivity contribution in [3.8, 4) is 0 Å². The second-order valence-electron chi connectivity index (χ2n) is 4.06. The zero-order valence-electron chi connectivity index (χ0n) is 9.90. The summed E-state index contributed by atoms with van der Waals surface area (Å²) >= 11 is 0. The van der Waals surface area contributed by atoms with Crippen molar-refractivity contribution in [1.29, 1.82) is 0 Å². The van der Waals surface area contributed by atoms with Gasteiger partial charge < -0.3 is 10.4 Å². The largest absolute Gasteiger partial charge is 0.477 e. The van der Waals surface area contributed by atoms with Crippen LogP contribution in [0.2, 0.25) is 0 Å². The Balaban J connectivity index is 2.65. The van der Waals surface area contributed by atoms with Gasteiger partial charge in [0.15, 0.2) is 0 Å². The van der Waals surface area contributed by atoms with Crippen molar-refractivity contribution in [3.05, 3.63) is 24.0 Å². The molecule has 4 heteroatoms. The Kier molecular flexibility index (Phi) is 4.28. The van der Waals surface area contributed by atoms with Crippen LogP contribution in [0.4, 0.5) is 5.69 Å². The third-order valence-electron chi connectivity index (χ3n) is 2.87. The molecular weight excluding hydrogens is 204 g/mol. The van der Waals surface area contributed by atoms with E-state index in [9.17, 15) is 4.79 Å². The van der Waals surface area contributed by atoms with Crippen molar-refractivity contribution < 1.29 is 9.90 Å². The molecule has 1 aromatic heterocycles. The quantitative estimate of drug-likeness (QED) is 0.804. The van der Waals surface area contributed by atoms with Crippen LogP contribution in [0.3, 0.4) is 0 Å². The van der Waals surface area contributed by atoms with E-state index in [1.54, 1.807) is 12.3 Å². The van der Waals surface area contributed by atoms with Gasteiger partial charge in [-0.05, 0) is 25.0 Å². The summed E-state index contributed by atoms with van der Waals surface area (Å²) in [5, 5.41) is 12.0. The molecule has 0 saturated heterocycles. The number of rotatable bonds is 5. The third-order valence-corrected chi connectivity index (χ3v) is 2.87. The Morgan fingerprint density at radius 1 is 1.50 bits per heavy atom. The van der Waals surface area contributed by atoms with Crippen molar-refractivity contribution in [2.24, 2.45) is 5.92 Å². The molecule has 0 aliphatic heterocycles.